The topological polar surface area (TPSA) is 21.3 Å². The van der Waals surface area contributed by atoms with Gasteiger partial charge in [-0.05, 0) is 38.3 Å². The van der Waals surface area contributed by atoms with Crippen molar-refractivity contribution in [1.82, 2.24) is 5.32 Å². The van der Waals surface area contributed by atoms with Crippen molar-refractivity contribution in [2.45, 2.75) is 45.6 Å². The minimum absolute atomic E-state index is 0.412. The van der Waals surface area contributed by atoms with Gasteiger partial charge in [0, 0.05) is 0 Å². The van der Waals surface area contributed by atoms with Crippen LogP contribution in [0.1, 0.15) is 39.5 Å². The Morgan fingerprint density at radius 1 is 1.57 bits per heavy atom. The Hall–Kier alpha value is -0.500. The number of hydrogen-bond acceptors (Lipinski definition) is 2. The highest BCUT2D eigenvalue weighted by Crippen LogP contribution is 2.21. The van der Waals surface area contributed by atoms with Gasteiger partial charge in [0.1, 0.15) is 5.76 Å². The van der Waals surface area contributed by atoms with Crippen LogP contribution >= 0.6 is 0 Å². The zero-order valence-electron chi connectivity index (χ0n) is 9.68. The van der Waals surface area contributed by atoms with Gasteiger partial charge in [0.05, 0.1) is 12.6 Å². The molecule has 0 aliphatic carbocycles. The molecule has 2 unspecified atom stereocenters. The number of rotatable bonds is 5. The molecule has 0 amide bonds. The number of allylic oxidation sites excluding steroid dienone is 1. The molecule has 2 atom stereocenters. The van der Waals surface area contributed by atoms with Gasteiger partial charge < -0.3 is 10.1 Å². The Bertz CT molecular complexity index is 189. The summed E-state index contributed by atoms with van der Waals surface area (Å²) in [6.07, 6.45) is 7.09. The molecule has 0 spiro atoms. The third-order valence-electron chi connectivity index (χ3n) is 2.89. The van der Waals surface area contributed by atoms with Gasteiger partial charge in [0.25, 0.3) is 0 Å². The zero-order valence-corrected chi connectivity index (χ0v) is 9.68. The smallest absolute Gasteiger partial charge is 0.109 e. The molecule has 0 fully saturated rings. The molecule has 1 heterocycles. The third kappa shape index (κ3) is 3.02. The summed E-state index contributed by atoms with van der Waals surface area (Å²) in [6, 6.07) is 0.412. The van der Waals surface area contributed by atoms with Gasteiger partial charge in [-0.1, -0.05) is 20.3 Å². The first kappa shape index (κ1) is 11.6. The SMILES string of the molecule is CCCC(C)C(NC)C1=CCCCO1. The fourth-order valence-corrected chi connectivity index (χ4v) is 2.12. The Morgan fingerprint density at radius 3 is 2.86 bits per heavy atom. The van der Waals surface area contributed by atoms with Crippen LogP contribution in [0.3, 0.4) is 0 Å². The van der Waals surface area contributed by atoms with E-state index in [1.807, 2.05) is 7.05 Å². The van der Waals surface area contributed by atoms with E-state index < -0.39 is 0 Å². The number of likely N-dealkylation sites (N-methyl/N-ethyl adjacent to an activating group) is 1. The first-order valence-corrected chi connectivity index (χ1v) is 5.79. The van der Waals surface area contributed by atoms with E-state index in [9.17, 15) is 0 Å². The summed E-state index contributed by atoms with van der Waals surface area (Å²) in [5.74, 6) is 1.83. The second-order valence-electron chi connectivity index (χ2n) is 4.13. The molecule has 1 N–H and O–H groups in total. The molecular weight excluding hydrogens is 174 g/mol. The fraction of sp³-hybridized carbons (Fsp3) is 0.833. The van der Waals surface area contributed by atoms with E-state index in [2.05, 4.69) is 25.2 Å². The molecule has 0 aromatic rings. The van der Waals surface area contributed by atoms with Gasteiger partial charge in [-0.2, -0.15) is 0 Å². The van der Waals surface area contributed by atoms with Crippen molar-refractivity contribution in [1.29, 1.82) is 0 Å². The van der Waals surface area contributed by atoms with Gasteiger partial charge in [-0.15, -0.1) is 0 Å². The summed E-state index contributed by atoms with van der Waals surface area (Å²) in [4.78, 5) is 0. The van der Waals surface area contributed by atoms with Crippen LogP contribution in [0, 0.1) is 5.92 Å². The highest BCUT2D eigenvalue weighted by atomic mass is 16.5. The number of nitrogens with one attached hydrogen (secondary N) is 1. The Morgan fingerprint density at radius 2 is 2.36 bits per heavy atom. The highest BCUT2D eigenvalue weighted by molar-refractivity contribution is 5.06. The standard InChI is InChI=1S/C12H23NO/c1-4-7-10(2)12(13-3)11-8-5-6-9-14-11/h8,10,12-13H,4-7,9H2,1-3H3. The van der Waals surface area contributed by atoms with E-state index >= 15 is 0 Å². The van der Waals surface area contributed by atoms with Crippen LogP contribution in [0.4, 0.5) is 0 Å². The quantitative estimate of drug-likeness (QED) is 0.731. The molecule has 0 aromatic heterocycles. The minimum atomic E-state index is 0.412. The van der Waals surface area contributed by atoms with E-state index in [0.29, 0.717) is 12.0 Å². The normalized spacial score (nSPS) is 20.9. The molecule has 14 heavy (non-hydrogen) atoms. The van der Waals surface area contributed by atoms with Gasteiger partial charge in [-0.25, -0.2) is 0 Å². The van der Waals surface area contributed by atoms with Crippen molar-refractivity contribution < 1.29 is 4.74 Å². The van der Waals surface area contributed by atoms with Crippen LogP contribution in [-0.2, 0) is 4.74 Å². The summed E-state index contributed by atoms with van der Waals surface area (Å²) < 4.78 is 5.70. The molecule has 0 aromatic carbocycles. The summed E-state index contributed by atoms with van der Waals surface area (Å²) in [5.41, 5.74) is 0. The maximum Gasteiger partial charge on any atom is 0.109 e. The van der Waals surface area contributed by atoms with Crippen LogP contribution in [-0.4, -0.2) is 19.7 Å². The fourth-order valence-electron chi connectivity index (χ4n) is 2.12. The highest BCUT2D eigenvalue weighted by Gasteiger charge is 2.21. The molecule has 82 valence electrons. The number of hydrogen-bond donors (Lipinski definition) is 1. The van der Waals surface area contributed by atoms with Crippen molar-refractivity contribution in [2.75, 3.05) is 13.7 Å². The lowest BCUT2D eigenvalue weighted by molar-refractivity contribution is 0.153. The lowest BCUT2D eigenvalue weighted by atomic mass is 9.94. The lowest BCUT2D eigenvalue weighted by Crippen LogP contribution is -2.35. The van der Waals surface area contributed by atoms with Crippen molar-refractivity contribution in [2.24, 2.45) is 5.92 Å². The molecule has 1 aliphatic rings. The summed E-state index contributed by atoms with van der Waals surface area (Å²) in [5, 5.41) is 3.36. The first-order valence-electron chi connectivity index (χ1n) is 5.79. The van der Waals surface area contributed by atoms with Crippen LogP contribution in [0.25, 0.3) is 0 Å². The Labute approximate surface area is 87.7 Å². The molecule has 0 bridgehead atoms. The van der Waals surface area contributed by atoms with E-state index in [1.165, 1.54) is 31.4 Å². The van der Waals surface area contributed by atoms with Gasteiger partial charge in [0.15, 0.2) is 0 Å². The second kappa shape index (κ2) is 6.07. The molecule has 1 rings (SSSR count). The summed E-state index contributed by atoms with van der Waals surface area (Å²) in [6.45, 7) is 5.42. The Kier molecular flexibility index (Phi) is 5.02. The van der Waals surface area contributed by atoms with Crippen LogP contribution in [0.15, 0.2) is 11.8 Å². The van der Waals surface area contributed by atoms with E-state index in [-0.39, 0.29) is 0 Å². The lowest BCUT2D eigenvalue weighted by Gasteiger charge is -2.28. The van der Waals surface area contributed by atoms with Crippen LogP contribution < -0.4 is 5.32 Å². The molecule has 2 heteroatoms. The van der Waals surface area contributed by atoms with E-state index in [4.69, 9.17) is 4.74 Å². The minimum Gasteiger partial charge on any atom is -0.497 e. The molecule has 0 radical (unpaired) electrons. The first-order chi connectivity index (χ1) is 6.79. The zero-order chi connectivity index (χ0) is 10.4. The van der Waals surface area contributed by atoms with Crippen molar-refractivity contribution in [3.63, 3.8) is 0 Å². The monoisotopic (exact) mass is 197 g/mol. The molecule has 0 saturated carbocycles. The summed E-state index contributed by atoms with van der Waals surface area (Å²) >= 11 is 0. The van der Waals surface area contributed by atoms with Crippen LogP contribution in [0.5, 0.6) is 0 Å². The van der Waals surface area contributed by atoms with Crippen molar-refractivity contribution >= 4 is 0 Å². The van der Waals surface area contributed by atoms with Gasteiger partial charge in [-0.3, -0.25) is 0 Å². The predicted molar refractivity (Wildman–Crippen MR) is 60.2 cm³/mol. The molecular formula is C12H23NO. The average molecular weight is 197 g/mol. The predicted octanol–water partition coefficient (Wildman–Crippen LogP) is 2.70. The molecule has 1 aliphatic heterocycles. The average Bonchev–Trinajstić information content (AvgIpc) is 2.21. The molecule has 0 saturated heterocycles. The van der Waals surface area contributed by atoms with Crippen molar-refractivity contribution in [3.8, 4) is 0 Å². The second-order valence-corrected chi connectivity index (χ2v) is 4.13. The Balaban J connectivity index is 2.55. The maximum absolute atomic E-state index is 5.70. The van der Waals surface area contributed by atoms with E-state index in [1.54, 1.807) is 0 Å². The van der Waals surface area contributed by atoms with Crippen LogP contribution in [0.2, 0.25) is 0 Å². The largest absolute Gasteiger partial charge is 0.497 e. The van der Waals surface area contributed by atoms with Gasteiger partial charge in [0.2, 0.25) is 0 Å². The van der Waals surface area contributed by atoms with Gasteiger partial charge >= 0.3 is 0 Å². The van der Waals surface area contributed by atoms with Crippen molar-refractivity contribution in [3.05, 3.63) is 11.8 Å². The number of ether oxygens (including phenoxy) is 1. The molecule has 2 nitrogen and oxygen atoms in total. The summed E-state index contributed by atoms with van der Waals surface area (Å²) in [7, 11) is 2.02. The van der Waals surface area contributed by atoms with E-state index in [0.717, 1.165) is 6.61 Å². The maximum atomic E-state index is 5.70. The third-order valence-corrected chi connectivity index (χ3v) is 2.89.